The first-order valence-electron chi connectivity index (χ1n) is 6.58. The molecule has 1 fully saturated rings. The highest BCUT2D eigenvalue weighted by atomic mass is 19.2. The van der Waals surface area contributed by atoms with Gasteiger partial charge in [0.05, 0.1) is 17.4 Å². The van der Waals surface area contributed by atoms with Crippen LogP contribution in [0.1, 0.15) is 24.4 Å². The van der Waals surface area contributed by atoms with E-state index in [1.807, 2.05) is 17.0 Å². The molecule has 0 bridgehead atoms. The van der Waals surface area contributed by atoms with Crippen LogP contribution in [0.3, 0.4) is 0 Å². The van der Waals surface area contributed by atoms with E-state index in [0.717, 1.165) is 24.5 Å². The Bertz CT molecular complexity index is 616. The van der Waals surface area contributed by atoms with Gasteiger partial charge in [0.15, 0.2) is 11.6 Å². The van der Waals surface area contributed by atoms with Gasteiger partial charge in [0.25, 0.3) is 0 Å². The summed E-state index contributed by atoms with van der Waals surface area (Å²) in [4.78, 5) is 5.93. The Balaban J connectivity index is 2.04. The second-order valence-corrected chi connectivity index (χ2v) is 4.94. The molecule has 0 spiro atoms. The van der Waals surface area contributed by atoms with Crippen LogP contribution < -0.4 is 10.6 Å². The van der Waals surface area contributed by atoms with Gasteiger partial charge in [-0.25, -0.2) is 8.78 Å². The number of aromatic nitrogens is 1. The van der Waals surface area contributed by atoms with Crippen LogP contribution in [0, 0.1) is 11.6 Å². The van der Waals surface area contributed by atoms with E-state index in [4.69, 9.17) is 5.73 Å². The lowest BCUT2D eigenvalue weighted by Gasteiger charge is -2.28. The van der Waals surface area contributed by atoms with E-state index >= 15 is 0 Å². The number of pyridine rings is 1. The van der Waals surface area contributed by atoms with Gasteiger partial charge in [-0.15, -0.1) is 0 Å². The summed E-state index contributed by atoms with van der Waals surface area (Å²) in [6, 6.07) is 6.25. The molecule has 1 atom stereocenters. The number of nitrogen functional groups attached to an aromatic ring is 1. The average molecular weight is 275 g/mol. The number of nitrogens with two attached hydrogens (primary N) is 1. The van der Waals surface area contributed by atoms with E-state index in [1.54, 1.807) is 12.4 Å². The van der Waals surface area contributed by atoms with E-state index in [0.29, 0.717) is 6.54 Å². The number of hydrogen-bond acceptors (Lipinski definition) is 3. The molecular weight excluding hydrogens is 260 g/mol. The molecule has 0 radical (unpaired) electrons. The van der Waals surface area contributed by atoms with Gasteiger partial charge in [0.1, 0.15) is 0 Å². The molecule has 1 saturated heterocycles. The molecule has 0 amide bonds. The van der Waals surface area contributed by atoms with Crippen LogP contribution in [-0.2, 0) is 0 Å². The molecule has 1 aliphatic rings. The monoisotopic (exact) mass is 275 g/mol. The minimum atomic E-state index is -0.874. The third-order valence-electron chi connectivity index (χ3n) is 3.71. The fraction of sp³-hybridized carbons (Fsp3) is 0.267. The van der Waals surface area contributed by atoms with Gasteiger partial charge in [-0.3, -0.25) is 4.98 Å². The Kier molecular flexibility index (Phi) is 3.26. The van der Waals surface area contributed by atoms with Crippen molar-refractivity contribution in [1.29, 1.82) is 0 Å². The summed E-state index contributed by atoms with van der Waals surface area (Å²) < 4.78 is 27.6. The van der Waals surface area contributed by atoms with Crippen LogP contribution >= 0.6 is 0 Å². The predicted octanol–water partition coefficient (Wildman–Crippen LogP) is 3.28. The second kappa shape index (κ2) is 5.07. The maximum Gasteiger partial charge on any atom is 0.184 e. The highest BCUT2D eigenvalue weighted by molar-refractivity contribution is 5.69. The number of halogens is 2. The van der Waals surface area contributed by atoms with Crippen LogP contribution in [0.5, 0.6) is 0 Å². The molecule has 20 heavy (non-hydrogen) atoms. The van der Waals surface area contributed by atoms with Gasteiger partial charge in [0, 0.05) is 18.9 Å². The number of nitrogens with zero attached hydrogens (tertiary/aromatic N) is 2. The molecule has 1 unspecified atom stereocenters. The minimum absolute atomic E-state index is 0.0118. The highest BCUT2D eigenvalue weighted by Crippen LogP contribution is 2.40. The molecule has 3 nitrogen and oxygen atoms in total. The molecule has 3 rings (SSSR count). The Morgan fingerprint density at radius 3 is 2.85 bits per heavy atom. The lowest BCUT2D eigenvalue weighted by molar-refractivity contribution is 0.505. The highest BCUT2D eigenvalue weighted by Gasteiger charge is 2.30. The zero-order valence-electron chi connectivity index (χ0n) is 10.9. The van der Waals surface area contributed by atoms with Crippen LogP contribution in [0.2, 0.25) is 0 Å². The van der Waals surface area contributed by atoms with Crippen LogP contribution in [0.15, 0.2) is 36.7 Å². The lowest BCUT2D eigenvalue weighted by atomic mass is 10.1. The normalized spacial score (nSPS) is 18.5. The van der Waals surface area contributed by atoms with E-state index in [1.165, 1.54) is 6.07 Å². The van der Waals surface area contributed by atoms with E-state index in [9.17, 15) is 8.78 Å². The van der Waals surface area contributed by atoms with Gasteiger partial charge in [-0.1, -0.05) is 6.07 Å². The average Bonchev–Trinajstić information content (AvgIpc) is 2.94. The topological polar surface area (TPSA) is 42.1 Å². The van der Waals surface area contributed by atoms with Crippen molar-refractivity contribution in [2.45, 2.75) is 18.9 Å². The fourth-order valence-electron chi connectivity index (χ4n) is 2.80. The molecule has 5 heteroatoms. The van der Waals surface area contributed by atoms with Crippen LogP contribution in [-0.4, -0.2) is 11.5 Å². The van der Waals surface area contributed by atoms with E-state index < -0.39 is 11.6 Å². The molecule has 1 aromatic heterocycles. The first-order valence-corrected chi connectivity index (χ1v) is 6.58. The summed E-state index contributed by atoms with van der Waals surface area (Å²) in [6.07, 6.45) is 5.24. The maximum absolute atomic E-state index is 14.1. The van der Waals surface area contributed by atoms with Gasteiger partial charge in [-0.05, 0) is 36.6 Å². The smallest absolute Gasteiger partial charge is 0.184 e. The van der Waals surface area contributed by atoms with E-state index in [2.05, 4.69) is 4.98 Å². The lowest BCUT2D eigenvalue weighted by Crippen LogP contribution is -2.25. The Morgan fingerprint density at radius 2 is 2.10 bits per heavy atom. The Hall–Kier alpha value is -2.17. The first kappa shape index (κ1) is 12.8. The quantitative estimate of drug-likeness (QED) is 0.855. The summed E-state index contributed by atoms with van der Waals surface area (Å²) in [5.74, 6) is -1.74. The molecule has 2 heterocycles. The number of rotatable bonds is 2. The van der Waals surface area contributed by atoms with Crippen molar-refractivity contribution in [2.75, 3.05) is 17.2 Å². The zero-order chi connectivity index (χ0) is 14.1. The molecule has 104 valence electrons. The molecule has 2 aromatic rings. The summed E-state index contributed by atoms with van der Waals surface area (Å²) in [6.45, 7) is 0.657. The van der Waals surface area contributed by atoms with Crippen molar-refractivity contribution in [3.63, 3.8) is 0 Å². The molecule has 2 N–H and O–H groups in total. The molecule has 1 aromatic carbocycles. The Labute approximate surface area is 116 Å². The van der Waals surface area contributed by atoms with Crippen LogP contribution in [0.4, 0.5) is 20.2 Å². The number of anilines is 2. The van der Waals surface area contributed by atoms with Crippen molar-refractivity contribution in [3.8, 4) is 0 Å². The van der Waals surface area contributed by atoms with Crippen molar-refractivity contribution >= 4 is 11.4 Å². The number of hydrogen-bond donors (Lipinski definition) is 1. The van der Waals surface area contributed by atoms with Gasteiger partial charge < -0.3 is 10.6 Å². The van der Waals surface area contributed by atoms with Crippen molar-refractivity contribution in [3.05, 3.63) is 53.9 Å². The van der Waals surface area contributed by atoms with E-state index in [-0.39, 0.29) is 17.4 Å². The summed E-state index contributed by atoms with van der Waals surface area (Å²) in [7, 11) is 0. The molecular formula is C15H15F2N3. The van der Waals surface area contributed by atoms with Gasteiger partial charge in [0.2, 0.25) is 0 Å². The summed E-state index contributed by atoms with van der Waals surface area (Å²) in [5.41, 5.74) is 7.27. The standard InChI is InChI=1S/C15H15F2N3/c16-11-5-6-12(18)15(14(11)17)20-8-2-4-13(20)10-3-1-7-19-9-10/h1,3,5-7,9,13H,2,4,8,18H2. The first-order chi connectivity index (χ1) is 9.68. The third kappa shape index (κ3) is 2.09. The Morgan fingerprint density at radius 1 is 1.25 bits per heavy atom. The van der Waals surface area contributed by atoms with Gasteiger partial charge in [-0.2, -0.15) is 0 Å². The predicted molar refractivity (Wildman–Crippen MR) is 74.3 cm³/mol. The SMILES string of the molecule is Nc1ccc(F)c(F)c1N1CCCC1c1cccnc1. The summed E-state index contributed by atoms with van der Waals surface area (Å²) in [5, 5.41) is 0. The number of benzene rings is 1. The van der Waals surface area contributed by atoms with Crippen molar-refractivity contribution in [2.24, 2.45) is 0 Å². The second-order valence-electron chi connectivity index (χ2n) is 4.94. The van der Waals surface area contributed by atoms with Crippen LogP contribution in [0.25, 0.3) is 0 Å². The fourth-order valence-corrected chi connectivity index (χ4v) is 2.80. The maximum atomic E-state index is 14.1. The van der Waals surface area contributed by atoms with Gasteiger partial charge >= 0.3 is 0 Å². The minimum Gasteiger partial charge on any atom is -0.397 e. The molecule has 0 saturated carbocycles. The molecule has 1 aliphatic heterocycles. The molecule has 0 aliphatic carbocycles. The van der Waals surface area contributed by atoms with Crippen molar-refractivity contribution < 1.29 is 8.78 Å². The third-order valence-corrected chi connectivity index (χ3v) is 3.71. The van der Waals surface area contributed by atoms with Crippen molar-refractivity contribution in [1.82, 2.24) is 4.98 Å². The summed E-state index contributed by atoms with van der Waals surface area (Å²) >= 11 is 0. The largest absolute Gasteiger partial charge is 0.397 e. The zero-order valence-corrected chi connectivity index (χ0v) is 10.9.